The van der Waals surface area contributed by atoms with E-state index in [4.69, 9.17) is 4.74 Å². The van der Waals surface area contributed by atoms with E-state index in [1.807, 2.05) is 12.1 Å². The summed E-state index contributed by atoms with van der Waals surface area (Å²) < 4.78 is 5.08. The molecule has 0 unspecified atom stereocenters. The molecule has 3 heteroatoms. The SMILES string of the molecule is CCCCCCCCCCC=CC(=O)CCc1ccc(O)c(OC)c1. The van der Waals surface area contributed by atoms with Crippen molar-refractivity contribution >= 4 is 5.78 Å². The zero-order valence-corrected chi connectivity index (χ0v) is 15.9. The molecule has 0 aliphatic rings. The van der Waals surface area contributed by atoms with Gasteiger partial charge in [-0.2, -0.15) is 0 Å². The van der Waals surface area contributed by atoms with Gasteiger partial charge in [-0.15, -0.1) is 0 Å². The number of carbonyl (C=O) groups excluding carboxylic acids is 1. The number of rotatable bonds is 14. The molecule has 3 nitrogen and oxygen atoms in total. The van der Waals surface area contributed by atoms with Crippen molar-refractivity contribution in [2.24, 2.45) is 0 Å². The molecule has 0 aliphatic heterocycles. The van der Waals surface area contributed by atoms with Crippen LogP contribution in [0.4, 0.5) is 0 Å². The van der Waals surface area contributed by atoms with Gasteiger partial charge in [0.25, 0.3) is 0 Å². The number of unbranched alkanes of at least 4 members (excludes halogenated alkanes) is 8. The fourth-order valence-electron chi connectivity index (χ4n) is 2.84. The summed E-state index contributed by atoms with van der Waals surface area (Å²) in [5.74, 6) is 0.740. The Morgan fingerprint density at radius 1 is 1.08 bits per heavy atom. The van der Waals surface area contributed by atoms with Gasteiger partial charge in [-0.05, 0) is 43.0 Å². The molecule has 1 N–H and O–H groups in total. The lowest BCUT2D eigenvalue weighted by Crippen LogP contribution is -1.96. The molecule has 0 aliphatic carbocycles. The number of hydrogen-bond donors (Lipinski definition) is 1. The van der Waals surface area contributed by atoms with E-state index in [0.29, 0.717) is 18.6 Å². The number of aromatic hydroxyl groups is 1. The molecule has 0 amide bonds. The van der Waals surface area contributed by atoms with E-state index in [0.717, 1.165) is 12.0 Å². The fourth-order valence-corrected chi connectivity index (χ4v) is 2.84. The maximum Gasteiger partial charge on any atom is 0.160 e. The Kier molecular flexibility index (Phi) is 11.5. The highest BCUT2D eigenvalue weighted by Gasteiger charge is 2.04. The van der Waals surface area contributed by atoms with E-state index >= 15 is 0 Å². The van der Waals surface area contributed by atoms with Crippen LogP contribution in [0.15, 0.2) is 30.4 Å². The Labute approximate surface area is 153 Å². The first kappa shape index (κ1) is 21.3. The first-order chi connectivity index (χ1) is 12.2. The maximum absolute atomic E-state index is 11.9. The molecule has 25 heavy (non-hydrogen) atoms. The second kappa shape index (κ2) is 13.5. The summed E-state index contributed by atoms with van der Waals surface area (Å²) in [5, 5.41) is 9.57. The lowest BCUT2D eigenvalue weighted by Gasteiger charge is -2.05. The maximum atomic E-state index is 11.9. The van der Waals surface area contributed by atoms with Crippen LogP contribution in [-0.4, -0.2) is 18.0 Å². The number of aryl methyl sites for hydroxylation is 1. The van der Waals surface area contributed by atoms with Crippen LogP contribution in [0, 0.1) is 0 Å². The van der Waals surface area contributed by atoms with Gasteiger partial charge in [0.15, 0.2) is 17.3 Å². The van der Waals surface area contributed by atoms with Crippen LogP contribution in [-0.2, 0) is 11.2 Å². The van der Waals surface area contributed by atoms with Crippen molar-refractivity contribution in [3.05, 3.63) is 35.9 Å². The molecule has 0 atom stereocenters. The molecule has 1 aromatic carbocycles. The van der Waals surface area contributed by atoms with Crippen LogP contribution in [0.2, 0.25) is 0 Å². The molecule has 0 heterocycles. The lowest BCUT2D eigenvalue weighted by atomic mass is 10.1. The van der Waals surface area contributed by atoms with Crippen LogP contribution in [0.1, 0.15) is 76.7 Å². The van der Waals surface area contributed by atoms with Crippen LogP contribution < -0.4 is 4.74 Å². The highest BCUT2D eigenvalue weighted by Crippen LogP contribution is 2.26. The predicted octanol–water partition coefficient (Wildman–Crippen LogP) is 5.99. The van der Waals surface area contributed by atoms with Crippen molar-refractivity contribution in [1.82, 2.24) is 0 Å². The Balaban J connectivity index is 2.11. The first-order valence-corrected chi connectivity index (χ1v) is 9.72. The predicted molar refractivity (Wildman–Crippen MR) is 104 cm³/mol. The van der Waals surface area contributed by atoms with Gasteiger partial charge in [-0.3, -0.25) is 4.79 Å². The molecule has 0 spiro atoms. The Morgan fingerprint density at radius 2 is 1.76 bits per heavy atom. The summed E-state index contributed by atoms with van der Waals surface area (Å²) >= 11 is 0. The molecular formula is C22H34O3. The molecular weight excluding hydrogens is 312 g/mol. The monoisotopic (exact) mass is 346 g/mol. The standard InChI is InChI=1S/C22H34O3/c1-3-4-5-6-7-8-9-10-11-12-13-20(23)16-14-19-15-17-21(24)22(18-19)25-2/h12-13,15,17-18,24H,3-11,14,16H2,1-2H3. The van der Waals surface area contributed by atoms with E-state index in [1.165, 1.54) is 58.5 Å². The van der Waals surface area contributed by atoms with Gasteiger partial charge in [0.2, 0.25) is 0 Å². The van der Waals surface area contributed by atoms with Crippen LogP contribution >= 0.6 is 0 Å². The van der Waals surface area contributed by atoms with Crippen molar-refractivity contribution in [2.45, 2.75) is 77.6 Å². The summed E-state index contributed by atoms with van der Waals surface area (Å²) in [4.78, 5) is 11.9. The Hall–Kier alpha value is -1.77. The highest BCUT2D eigenvalue weighted by molar-refractivity contribution is 5.89. The largest absolute Gasteiger partial charge is 0.504 e. The smallest absolute Gasteiger partial charge is 0.160 e. The summed E-state index contributed by atoms with van der Waals surface area (Å²) in [6.07, 6.45) is 16.4. The quantitative estimate of drug-likeness (QED) is 0.332. The highest BCUT2D eigenvalue weighted by atomic mass is 16.5. The number of hydrogen-bond acceptors (Lipinski definition) is 3. The zero-order chi connectivity index (χ0) is 18.3. The third-order valence-corrected chi connectivity index (χ3v) is 4.43. The Bertz CT molecular complexity index is 520. The molecule has 0 radical (unpaired) electrons. The number of allylic oxidation sites excluding steroid dienone is 2. The van der Waals surface area contributed by atoms with Crippen LogP contribution in [0.3, 0.4) is 0 Å². The number of phenols is 1. The first-order valence-electron chi connectivity index (χ1n) is 9.72. The molecule has 140 valence electrons. The molecule has 0 aromatic heterocycles. The minimum absolute atomic E-state index is 0.128. The van der Waals surface area contributed by atoms with E-state index < -0.39 is 0 Å². The van der Waals surface area contributed by atoms with Crippen molar-refractivity contribution in [3.8, 4) is 11.5 Å². The average molecular weight is 347 g/mol. The summed E-state index contributed by atoms with van der Waals surface area (Å²) in [6.45, 7) is 2.25. The second-order valence-corrected chi connectivity index (χ2v) is 6.64. The Morgan fingerprint density at radius 3 is 2.44 bits per heavy atom. The minimum Gasteiger partial charge on any atom is -0.504 e. The third kappa shape index (κ3) is 9.96. The molecule has 0 bridgehead atoms. The average Bonchev–Trinajstić information content (AvgIpc) is 2.62. The lowest BCUT2D eigenvalue weighted by molar-refractivity contribution is -0.114. The van der Waals surface area contributed by atoms with Gasteiger partial charge in [0.05, 0.1) is 7.11 Å². The molecule has 1 rings (SSSR count). The van der Waals surface area contributed by atoms with Crippen molar-refractivity contribution in [1.29, 1.82) is 0 Å². The summed E-state index contributed by atoms with van der Waals surface area (Å²) in [5.41, 5.74) is 1.000. The molecule has 0 fully saturated rings. The van der Waals surface area contributed by atoms with Gasteiger partial charge >= 0.3 is 0 Å². The molecule has 0 saturated heterocycles. The second-order valence-electron chi connectivity index (χ2n) is 6.64. The van der Waals surface area contributed by atoms with Crippen LogP contribution in [0.5, 0.6) is 11.5 Å². The van der Waals surface area contributed by atoms with Gasteiger partial charge in [-0.1, -0.05) is 64.0 Å². The van der Waals surface area contributed by atoms with Gasteiger partial charge < -0.3 is 9.84 Å². The number of methoxy groups -OCH3 is 1. The van der Waals surface area contributed by atoms with E-state index in [9.17, 15) is 9.90 Å². The fraction of sp³-hybridized carbons (Fsp3) is 0.591. The zero-order valence-electron chi connectivity index (χ0n) is 15.9. The summed E-state index contributed by atoms with van der Waals surface area (Å²) in [7, 11) is 1.53. The van der Waals surface area contributed by atoms with E-state index in [-0.39, 0.29) is 11.5 Å². The van der Waals surface area contributed by atoms with E-state index in [1.54, 1.807) is 18.2 Å². The topological polar surface area (TPSA) is 46.5 Å². The van der Waals surface area contributed by atoms with Gasteiger partial charge in [0, 0.05) is 6.42 Å². The van der Waals surface area contributed by atoms with Gasteiger partial charge in [-0.25, -0.2) is 0 Å². The number of ketones is 1. The van der Waals surface area contributed by atoms with Crippen molar-refractivity contribution in [3.63, 3.8) is 0 Å². The summed E-state index contributed by atoms with van der Waals surface area (Å²) in [6, 6.07) is 5.22. The molecule has 1 aromatic rings. The van der Waals surface area contributed by atoms with E-state index in [2.05, 4.69) is 6.92 Å². The number of benzene rings is 1. The number of phenolic OH excluding ortho intramolecular Hbond substituents is 1. The van der Waals surface area contributed by atoms with Crippen molar-refractivity contribution in [2.75, 3.05) is 7.11 Å². The third-order valence-electron chi connectivity index (χ3n) is 4.43. The van der Waals surface area contributed by atoms with Crippen LogP contribution in [0.25, 0.3) is 0 Å². The minimum atomic E-state index is 0.128. The number of ether oxygens (including phenoxy) is 1. The van der Waals surface area contributed by atoms with Gasteiger partial charge in [0.1, 0.15) is 0 Å². The normalized spacial score (nSPS) is 11.1. The number of carbonyl (C=O) groups is 1. The molecule has 0 saturated carbocycles. The van der Waals surface area contributed by atoms with Crippen molar-refractivity contribution < 1.29 is 14.6 Å².